The predicted octanol–water partition coefficient (Wildman–Crippen LogP) is 11.1. The zero-order chi connectivity index (χ0) is 29.3. The van der Waals surface area contributed by atoms with E-state index in [9.17, 15) is 0 Å². The van der Waals surface area contributed by atoms with Gasteiger partial charge < -0.3 is 5.43 Å². The molecule has 5 heteroatoms. The van der Waals surface area contributed by atoms with E-state index >= 15 is 0 Å². The van der Waals surface area contributed by atoms with Gasteiger partial charge in [-0.25, -0.2) is 0 Å². The van der Waals surface area contributed by atoms with E-state index in [1.165, 1.54) is 31.5 Å². The SMILES string of the molecule is CC(C)C1=CN(c2ccc(C(C)C)cc2)NN1.CC(C)c1ccc(C(C)C)s1.CC(C)c1csc(C(C)C)c1. The fourth-order valence-corrected chi connectivity index (χ4v) is 5.85. The molecule has 4 rings (SSSR count). The van der Waals surface area contributed by atoms with Gasteiger partial charge in [-0.15, -0.1) is 28.2 Å². The summed E-state index contributed by atoms with van der Waals surface area (Å²) in [6.07, 6.45) is 2.11. The standard InChI is InChI=1S/C14H21N3.2C10H16S/c1-10(2)12-5-7-13(8-6-12)17-9-14(11(3)4)15-16-17;1-7(2)9-5-10(8(3)4)11-6-9;1-7(2)9-5-6-10(11-9)8(3)4/h5-11,15-16H,1-4H3;2*5-8H,1-4H3. The Balaban J connectivity index is 0.000000214. The fraction of sp³-hybridized carbons (Fsp3) is 0.529. The first kappa shape index (κ1) is 33.1. The van der Waals surface area contributed by atoms with Crippen LogP contribution in [0.3, 0.4) is 0 Å². The smallest absolute Gasteiger partial charge is 0.0589 e. The van der Waals surface area contributed by atoms with Crippen LogP contribution in [-0.2, 0) is 0 Å². The van der Waals surface area contributed by atoms with Crippen LogP contribution < -0.4 is 16.0 Å². The Hall–Kier alpha value is -2.08. The zero-order valence-corrected chi connectivity index (χ0v) is 28.1. The second-order valence-corrected chi connectivity index (χ2v) is 14.3. The minimum Gasteiger partial charge on any atom is -0.306 e. The maximum atomic E-state index is 3.18. The summed E-state index contributed by atoms with van der Waals surface area (Å²) in [4.78, 5) is 4.52. The number of thiophene rings is 2. The number of benzene rings is 1. The quantitative estimate of drug-likeness (QED) is 0.297. The minimum absolute atomic E-state index is 0.502. The Labute approximate surface area is 247 Å². The maximum Gasteiger partial charge on any atom is 0.0589 e. The summed E-state index contributed by atoms with van der Waals surface area (Å²) >= 11 is 3.84. The number of allylic oxidation sites excluding steroid dienone is 1. The molecule has 0 bridgehead atoms. The van der Waals surface area contributed by atoms with Gasteiger partial charge in [0, 0.05) is 26.5 Å². The summed E-state index contributed by atoms with van der Waals surface area (Å²) in [5, 5.41) is 4.29. The van der Waals surface area contributed by atoms with Crippen molar-refractivity contribution in [3.63, 3.8) is 0 Å². The van der Waals surface area contributed by atoms with Crippen LogP contribution in [0.4, 0.5) is 5.69 Å². The van der Waals surface area contributed by atoms with Gasteiger partial charge in [-0.2, -0.15) is 0 Å². The minimum atomic E-state index is 0.502. The van der Waals surface area contributed by atoms with E-state index in [4.69, 9.17) is 0 Å². The molecule has 0 fully saturated rings. The first-order valence-corrected chi connectivity index (χ1v) is 16.3. The Kier molecular flexibility index (Phi) is 13.3. The molecular weight excluding hydrogens is 515 g/mol. The molecule has 0 saturated carbocycles. The van der Waals surface area contributed by atoms with E-state index in [2.05, 4.69) is 148 Å². The summed E-state index contributed by atoms with van der Waals surface area (Å²) < 4.78 is 0. The molecule has 39 heavy (non-hydrogen) atoms. The van der Waals surface area contributed by atoms with Gasteiger partial charge >= 0.3 is 0 Å². The van der Waals surface area contributed by atoms with Crippen LogP contribution in [0.5, 0.6) is 0 Å². The molecule has 3 heterocycles. The molecule has 1 aromatic carbocycles. The largest absolute Gasteiger partial charge is 0.306 e. The van der Waals surface area contributed by atoms with Crippen LogP contribution in [-0.4, -0.2) is 0 Å². The third-order valence-electron chi connectivity index (χ3n) is 6.71. The van der Waals surface area contributed by atoms with Crippen molar-refractivity contribution in [2.45, 2.75) is 113 Å². The van der Waals surface area contributed by atoms with Gasteiger partial charge in [0.15, 0.2) is 0 Å². The van der Waals surface area contributed by atoms with Crippen molar-refractivity contribution >= 4 is 28.4 Å². The Morgan fingerprint density at radius 1 is 0.564 bits per heavy atom. The van der Waals surface area contributed by atoms with Crippen LogP contribution in [0, 0.1) is 5.92 Å². The lowest BCUT2D eigenvalue weighted by atomic mass is 10.0. The lowest BCUT2D eigenvalue weighted by Crippen LogP contribution is -2.36. The normalized spacial score (nSPS) is 13.2. The number of rotatable bonds is 7. The Morgan fingerprint density at radius 2 is 1.08 bits per heavy atom. The predicted molar refractivity (Wildman–Crippen MR) is 177 cm³/mol. The van der Waals surface area contributed by atoms with E-state index in [-0.39, 0.29) is 0 Å². The van der Waals surface area contributed by atoms with Crippen molar-refractivity contribution in [3.8, 4) is 0 Å². The van der Waals surface area contributed by atoms with Gasteiger partial charge in [-0.1, -0.05) is 95.2 Å². The van der Waals surface area contributed by atoms with Crippen molar-refractivity contribution in [3.05, 3.63) is 85.5 Å². The number of hydrogen-bond acceptors (Lipinski definition) is 5. The van der Waals surface area contributed by atoms with Gasteiger partial charge in [0.2, 0.25) is 0 Å². The summed E-state index contributed by atoms with van der Waals surface area (Å²) in [6, 6.07) is 15.5. The molecule has 2 N–H and O–H groups in total. The molecule has 2 aromatic heterocycles. The van der Waals surface area contributed by atoms with Crippen LogP contribution in [0.1, 0.15) is 138 Å². The first-order valence-electron chi connectivity index (χ1n) is 14.6. The van der Waals surface area contributed by atoms with Crippen molar-refractivity contribution < 1.29 is 0 Å². The van der Waals surface area contributed by atoms with E-state index in [0.29, 0.717) is 35.5 Å². The second kappa shape index (κ2) is 15.6. The first-order chi connectivity index (χ1) is 18.3. The van der Waals surface area contributed by atoms with Crippen LogP contribution in [0.25, 0.3) is 0 Å². The molecule has 0 spiro atoms. The molecule has 1 aliphatic heterocycles. The average Bonchev–Trinajstić information content (AvgIpc) is 3.65. The van der Waals surface area contributed by atoms with E-state index in [0.717, 1.165) is 5.69 Å². The van der Waals surface area contributed by atoms with Crippen LogP contribution >= 0.6 is 22.7 Å². The van der Waals surface area contributed by atoms with Gasteiger partial charge in [0.1, 0.15) is 0 Å². The molecule has 3 nitrogen and oxygen atoms in total. The number of hydrogen-bond donors (Lipinski definition) is 2. The highest BCUT2D eigenvalue weighted by Crippen LogP contribution is 2.29. The molecular formula is C34H53N3S2. The summed E-state index contributed by atoms with van der Waals surface area (Å²) in [6.45, 7) is 26.7. The van der Waals surface area contributed by atoms with Crippen LogP contribution in [0.15, 0.2) is 59.7 Å². The van der Waals surface area contributed by atoms with E-state index < -0.39 is 0 Å². The molecule has 0 amide bonds. The van der Waals surface area contributed by atoms with E-state index in [1.807, 2.05) is 27.7 Å². The van der Waals surface area contributed by atoms with Crippen molar-refractivity contribution in [1.29, 1.82) is 0 Å². The fourth-order valence-electron chi connectivity index (χ4n) is 3.74. The highest BCUT2D eigenvalue weighted by atomic mass is 32.1. The number of hydrazine groups is 2. The van der Waals surface area contributed by atoms with Crippen molar-refractivity contribution in [1.82, 2.24) is 11.0 Å². The summed E-state index contributed by atoms with van der Waals surface area (Å²) in [5.74, 6) is 3.82. The highest BCUT2D eigenvalue weighted by molar-refractivity contribution is 7.12. The number of nitrogens with one attached hydrogen (secondary N) is 2. The molecule has 0 saturated heterocycles. The molecule has 216 valence electrons. The Bertz CT molecular complexity index is 1040. The molecule has 0 aliphatic carbocycles. The Morgan fingerprint density at radius 3 is 1.41 bits per heavy atom. The molecule has 0 atom stereocenters. The number of nitrogens with zero attached hydrogens (tertiary/aromatic N) is 1. The van der Waals surface area contributed by atoms with Crippen molar-refractivity contribution in [2.75, 3.05) is 5.01 Å². The van der Waals surface area contributed by atoms with Gasteiger partial charge in [-0.05, 0) is 82.3 Å². The van der Waals surface area contributed by atoms with Crippen molar-refractivity contribution in [2.24, 2.45) is 5.92 Å². The molecule has 1 aliphatic rings. The zero-order valence-electron chi connectivity index (χ0n) is 26.4. The highest BCUT2D eigenvalue weighted by Gasteiger charge is 2.15. The lowest BCUT2D eigenvalue weighted by molar-refractivity contribution is 0.600. The average molecular weight is 568 g/mol. The monoisotopic (exact) mass is 567 g/mol. The maximum absolute atomic E-state index is 3.18. The van der Waals surface area contributed by atoms with Gasteiger partial charge in [0.05, 0.1) is 5.69 Å². The van der Waals surface area contributed by atoms with E-state index in [1.54, 1.807) is 0 Å². The van der Waals surface area contributed by atoms with Gasteiger partial charge in [-0.3, -0.25) is 5.01 Å². The van der Waals surface area contributed by atoms with Crippen LogP contribution in [0.2, 0.25) is 0 Å². The third kappa shape index (κ3) is 10.4. The molecule has 3 aromatic rings. The molecule has 0 radical (unpaired) electrons. The van der Waals surface area contributed by atoms with Gasteiger partial charge in [0.25, 0.3) is 0 Å². The topological polar surface area (TPSA) is 27.3 Å². The summed E-state index contributed by atoms with van der Waals surface area (Å²) in [5.41, 5.74) is 11.5. The lowest BCUT2D eigenvalue weighted by Gasteiger charge is -2.16. The summed E-state index contributed by atoms with van der Waals surface area (Å²) in [7, 11) is 0. The number of anilines is 1. The third-order valence-corrected chi connectivity index (χ3v) is 9.65. The molecule has 0 unspecified atom stereocenters. The second-order valence-electron chi connectivity index (χ2n) is 12.2.